The van der Waals surface area contributed by atoms with E-state index in [4.69, 9.17) is 0 Å². The van der Waals surface area contributed by atoms with Crippen LogP contribution in [0.15, 0.2) is 48.5 Å². The highest BCUT2D eigenvalue weighted by Crippen LogP contribution is 2.36. The van der Waals surface area contributed by atoms with Crippen LogP contribution >= 0.6 is 0 Å². The first-order chi connectivity index (χ1) is 12.8. The molecule has 0 N–H and O–H groups in total. The molecule has 0 spiro atoms. The molecule has 0 unspecified atom stereocenters. The van der Waals surface area contributed by atoms with Crippen molar-refractivity contribution in [1.82, 2.24) is 0 Å². The van der Waals surface area contributed by atoms with Crippen LogP contribution in [0.4, 0.5) is 0 Å². The van der Waals surface area contributed by atoms with Crippen molar-refractivity contribution in [3.63, 3.8) is 0 Å². The SMILES string of the molecule is CC#CCC1CCC(c2ccc(C#Cc3ccc(CC)cc3)cc2)CC1. The molecule has 0 amide bonds. The molecule has 0 heteroatoms. The van der Waals surface area contributed by atoms with Crippen LogP contribution in [0, 0.1) is 29.6 Å². The number of hydrogen-bond acceptors (Lipinski definition) is 0. The first kappa shape index (κ1) is 18.4. The normalized spacial score (nSPS) is 19.0. The van der Waals surface area contributed by atoms with Crippen molar-refractivity contribution in [3.05, 3.63) is 70.8 Å². The van der Waals surface area contributed by atoms with Crippen LogP contribution in [0.5, 0.6) is 0 Å². The predicted octanol–water partition coefficient (Wildman–Crippen LogP) is 6.34. The summed E-state index contributed by atoms with van der Waals surface area (Å²) in [5, 5.41) is 0. The van der Waals surface area contributed by atoms with Gasteiger partial charge in [0.05, 0.1) is 0 Å². The summed E-state index contributed by atoms with van der Waals surface area (Å²) < 4.78 is 0. The van der Waals surface area contributed by atoms with Gasteiger partial charge in [-0.2, -0.15) is 0 Å². The van der Waals surface area contributed by atoms with Crippen molar-refractivity contribution in [2.45, 2.75) is 58.3 Å². The van der Waals surface area contributed by atoms with Gasteiger partial charge in [-0.1, -0.05) is 43.0 Å². The monoisotopic (exact) mass is 340 g/mol. The molecule has 3 rings (SSSR count). The molecule has 1 fully saturated rings. The highest BCUT2D eigenvalue weighted by molar-refractivity contribution is 5.44. The second-order valence-electron chi connectivity index (χ2n) is 7.27. The fourth-order valence-electron chi connectivity index (χ4n) is 3.75. The number of benzene rings is 2. The lowest BCUT2D eigenvalue weighted by atomic mass is 9.77. The topological polar surface area (TPSA) is 0 Å². The van der Waals surface area contributed by atoms with Gasteiger partial charge in [-0.3, -0.25) is 0 Å². The summed E-state index contributed by atoms with van der Waals surface area (Å²) in [7, 11) is 0. The highest BCUT2D eigenvalue weighted by Gasteiger charge is 2.21. The van der Waals surface area contributed by atoms with Crippen LogP contribution in [0.2, 0.25) is 0 Å². The molecule has 0 bridgehead atoms. The number of rotatable bonds is 3. The molecule has 2 aromatic carbocycles. The Morgan fingerprint density at radius 1 is 0.808 bits per heavy atom. The lowest BCUT2D eigenvalue weighted by Gasteiger charge is -2.27. The van der Waals surface area contributed by atoms with Crippen LogP contribution in [-0.4, -0.2) is 0 Å². The van der Waals surface area contributed by atoms with Gasteiger partial charge in [0.15, 0.2) is 0 Å². The van der Waals surface area contributed by atoms with Crippen molar-refractivity contribution in [1.29, 1.82) is 0 Å². The Balaban J connectivity index is 1.58. The van der Waals surface area contributed by atoms with Gasteiger partial charge in [-0.25, -0.2) is 0 Å². The molecule has 0 radical (unpaired) electrons. The molecule has 0 heterocycles. The first-order valence-electron chi connectivity index (χ1n) is 9.89. The molecule has 2 aromatic rings. The van der Waals surface area contributed by atoms with E-state index >= 15 is 0 Å². The van der Waals surface area contributed by atoms with Gasteiger partial charge in [0, 0.05) is 17.5 Å². The molecule has 26 heavy (non-hydrogen) atoms. The standard InChI is InChI=1S/C26H28/c1-3-5-6-22-13-17-25(18-14-22)26-19-15-24(16-20-26)12-11-23-9-7-21(4-2)8-10-23/h7-10,15-16,19-20,22,25H,4,6,13-14,17-18H2,1-2H3. The Hall–Kier alpha value is -2.44. The van der Waals surface area contributed by atoms with Crippen molar-refractivity contribution in [3.8, 4) is 23.7 Å². The van der Waals surface area contributed by atoms with E-state index in [2.05, 4.69) is 79.1 Å². The zero-order chi connectivity index (χ0) is 18.2. The Labute approximate surface area is 159 Å². The van der Waals surface area contributed by atoms with E-state index in [1.54, 1.807) is 0 Å². The molecule has 0 aromatic heterocycles. The summed E-state index contributed by atoms with van der Waals surface area (Å²) in [5.74, 6) is 14.4. The van der Waals surface area contributed by atoms with Gasteiger partial charge in [-0.15, -0.1) is 11.8 Å². The van der Waals surface area contributed by atoms with Gasteiger partial charge < -0.3 is 0 Å². The lowest BCUT2D eigenvalue weighted by molar-refractivity contribution is 0.331. The van der Waals surface area contributed by atoms with E-state index in [1.165, 1.54) is 36.8 Å². The third kappa shape index (κ3) is 5.03. The van der Waals surface area contributed by atoms with E-state index < -0.39 is 0 Å². The summed E-state index contributed by atoms with van der Waals surface area (Å²) in [4.78, 5) is 0. The molecule has 0 atom stereocenters. The smallest absolute Gasteiger partial charge is 0.0249 e. The maximum Gasteiger partial charge on any atom is 0.0249 e. The summed E-state index contributed by atoms with van der Waals surface area (Å²) in [6, 6.07) is 17.5. The van der Waals surface area contributed by atoms with Crippen LogP contribution < -0.4 is 0 Å². The van der Waals surface area contributed by atoms with Gasteiger partial charge in [0.25, 0.3) is 0 Å². The maximum atomic E-state index is 3.29. The van der Waals surface area contributed by atoms with Crippen LogP contribution in [-0.2, 0) is 6.42 Å². The Morgan fingerprint density at radius 2 is 1.38 bits per heavy atom. The maximum absolute atomic E-state index is 3.29. The Kier molecular flexibility index (Phi) is 6.57. The minimum absolute atomic E-state index is 0.712. The molecular formula is C26H28. The zero-order valence-corrected chi connectivity index (χ0v) is 16.0. The first-order valence-corrected chi connectivity index (χ1v) is 9.89. The molecule has 0 aliphatic heterocycles. The van der Waals surface area contributed by atoms with Crippen molar-refractivity contribution in [2.75, 3.05) is 0 Å². The molecule has 1 saturated carbocycles. The summed E-state index contributed by atoms with van der Waals surface area (Å²) in [6.45, 7) is 4.12. The Bertz CT molecular complexity index is 808. The van der Waals surface area contributed by atoms with E-state index in [-0.39, 0.29) is 0 Å². The van der Waals surface area contributed by atoms with Gasteiger partial charge in [-0.05, 0) is 86.3 Å². The molecule has 132 valence electrons. The minimum atomic E-state index is 0.712. The number of hydrogen-bond donors (Lipinski definition) is 0. The molecule has 1 aliphatic carbocycles. The van der Waals surface area contributed by atoms with Crippen LogP contribution in [0.3, 0.4) is 0 Å². The van der Waals surface area contributed by atoms with Crippen molar-refractivity contribution in [2.24, 2.45) is 5.92 Å². The third-order valence-electron chi connectivity index (χ3n) is 5.51. The van der Waals surface area contributed by atoms with E-state index in [9.17, 15) is 0 Å². The average molecular weight is 341 g/mol. The van der Waals surface area contributed by atoms with Crippen molar-refractivity contribution >= 4 is 0 Å². The zero-order valence-electron chi connectivity index (χ0n) is 16.0. The second-order valence-corrected chi connectivity index (χ2v) is 7.27. The van der Waals surface area contributed by atoms with Gasteiger partial charge >= 0.3 is 0 Å². The molecule has 0 nitrogen and oxygen atoms in total. The van der Waals surface area contributed by atoms with Crippen LogP contribution in [0.1, 0.15) is 74.1 Å². The minimum Gasteiger partial charge on any atom is -0.107 e. The quantitative estimate of drug-likeness (QED) is 0.572. The molecule has 1 aliphatic rings. The van der Waals surface area contributed by atoms with E-state index in [1.807, 2.05) is 6.92 Å². The summed E-state index contributed by atoms with van der Waals surface area (Å²) >= 11 is 0. The summed E-state index contributed by atoms with van der Waals surface area (Å²) in [5.41, 5.74) is 5.01. The van der Waals surface area contributed by atoms with Crippen molar-refractivity contribution < 1.29 is 0 Å². The largest absolute Gasteiger partial charge is 0.107 e. The predicted molar refractivity (Wildman–Crippen MR) is 111 cm³/mol. The average Bonchev–Trinajstić information content (AvgIpc) is 2.72. The fraction of sp³-hybridized carbons (Fsp3) is 0.385. The van der Waals surface area contributed by atoms with E-state index in [0.717, 1.165) is 29.9 Å². The van der Waals surface area contributed by atoms with Crippen LogP contribution in [0.25, 0.3) is 0 Å². The highest BCUT2D eigenvalue weighted by atomic mass is 14.3. The summed E-state index contributed by atoms with van der Waals surface area (Å²) in [6.07, 6.45) is 7.37. The molecular weight excluding hydrogens is 312 g/mol. The second kappa shape index (κ2) is 9.31. The van der Waals surface area contributed by atoms with Gasteiger partial charge in [0.1, 0.15) is 0 Å². The number of aryl methyl sites for hydroxylation is 1. The van der Waals surface area contributed by atoms with Gasteiger partial charge in [0.2, 0.25) is 0 Å². The fourth-order valence-corrected chi connectivity index (χ4v) is 3.75. The molecule has 0 saturated heterocycles. The lowest BCUT2D eigenvalue weighted by Crippen LogP contribution is -2.12. The Morgan fingerprint density at radius 3 is 1.92 bits per heavy atom. The third-order valence-corrected chi connectivity index (χ3v) is 5.51. The van der Waals surface area contributed by atoms with E-state index in [0.29, 0.717) is 5.92 Å².